The van der Waals surface area contributed by atoms with Gasteiger partial charge in [0.2, 0.25) is 5.88 Å². The van der Waals surface area contributed by atoms with Crippen molar-refractivity contribution in [3.8, 4) is 5.88 Å². The third kappa shape index (κ3) is 9.66. The van der Waals surface area contributed by atoms with Gasteiger partial charge in [0, 0.05) is 11.4 Å². The average molecular weight is 474 g/mol. The Hall–Kier alpha value is -2.21. The fourth-order valence-electron chi connectivity index (χ4n) is 4.12. The molecule has 0 bridgehead atoms. The molecule has 1 heterocycles. The van der Waals surface area contributed by atoms with E-state index >= 15 is 0 Å². The molecule has 0 saturated carbocycles. The minimum Gasteiger partial charge on any atom is -0.478 e. The van der Waals surface area contributed by atoms with E-state index in [9.17, 15) is 14.7 Å². The quantitative estimate of drug-likeness (QED) is 0.187. The van der Waals surface area contributed by atoms with Gasteiger partial charge in [-0.1, -0.05) is 84.1 Å². The smallest absolute Gasteiger partial charge is 0.346 e. The third-order valence-corrected chi connectivity index (χ3v) is 6.49. The third-order valence-electron chi connectivity index (χ3n) is 5.94. The Morgan fingerprint density at radius 1 is 0.879 bits per heavy atom. The summed E-state index contributed by atoms with van der Waals surface area (Å²) in [6, 6.07) is 5.31. The number of carbonyl (C=O) groups is 2. The lowest BCUT2D eigenvalue weighted by Gasteiger charge is -2.14. The molecule has 5 nitrogen and oxygen atoms in total. The van der Waals surface area contributed by atoms with Gasteiger partial charge in [-0.2, -0.15) is 4.37 Å². The van der Waals surface area contributed by atoms with E-state index in [1.807, 2.05) is 6.07 Å². The molecule has 1 aromatic carbocycles. The topological polar surface area (TPSA) is 76.5 Å². The van der Waals surface area contributed by atoms with E-state index in [4.69, 9.17) is 4.74 Å². The Bertz CT molecular complexity index is 848. The van der Waals surface area contributed by atoms with Gasteiger partial charge in [-0.05, 0) is 54.4 Å². The van der Waals surface area contributed by atoms with E-state index in [1.165, 1.54) is 56.5 Å². The first-order chi connectivity index (χ1) is 16.1. The molecule has 2 aromatic rings. The number of hydrogen-bond acceptors (Lipinski definition) is 5. The average Bonchev–Trinajstić information content (AvgIpc) is 3.31. The van der Waals surface area contributed by atoms with Gasteiger partial charge >= 0.3 is 11.9 Å². The summed E-state index contributed by atoms with van der Waals surface area (Å²) in [5.74, 6) is -1.51. The van der Waals surface area contributed by atoms with E-state index < -0.39 is 11.9 Å². The predicted octanol–water partition coefficient (Wildman–Crippen LogP) is 7.87. The number of benzene rings is 1. The van der Waals surface area contributed by atoms with Gasteiger partial charge in [0.1, 0.15) is 0 Å². The maximum absolute atomic E-state index is 13.0. The first-order valence-corrected chi connectivity index (χ1v) is 13.4. The van der Waals surface area contributed by atoms with Crippen LogP contribution in [0, 0.1) is 0 Å². The molecule has 6 heteroatoms. The number of ether oxygens (including phenoxy) is 1. The van der Waals surface area contributed by atoms with E-state index in [2.05, 4.69) is 18.2 Å². The van der Waals surface area contributed by atoms with Gasteiger partial charge in [-0.15, -0.1) is 0 Å². The summed E-state index contributed by atoms with van der Waals surface area (Å²) in [5, 5.41) is 11.6. The van der Waals surface area contributed by atoms with Crippen molar-refractivity contribution in [3.63, 3.8) is 0 Å². The highest BCUT2D eigenvalue weighted by Gasteiger charge is 2.24. The molecule has 0 aliphatic rings. The number of unbranched alkanes of at least 4 members (excludes halogenated alkanes) is 10. The number of aromatic nitrogens is 1. The number of nitrogens with zero attached hydrogens (tertiary/aromatic N) is 1. The minimum absolute atomic E-state index is 0.0414. The molecule has 1 N–H and O–H groups in total. The Balaban J connectivity index is 2.18. The van der Waals surface area contributed by atoms with Gasteiger partial charge < -0.3 is 9.84 Å². The molecule has 0 radical (unpaired) electrons. The number of carboxylic acid groups (broad SMARTS) is 1. The van der Waals surface area contributed by atoms with Crippen molar-refractivity contribution in [2.45, 2.75) is 104 Å². The van der Waals surface area contributed by atoms with Crippen LogP contribution < -0.4 is 4.74 Å². The molecule has 1 aromatic heterocycles. The van der Waals surface area contributed by atoms with E-state index in [-0.39, 0.29) is 17.0 Å². The molecule has 2 rings (SSSR count). The van der Waals surface area contributed by atoms with Gasteiger partial charge in [-0.3, -0.25) is 0 Å². The molecule has 0 aliphatic carbocycles. The minimum atomic E-state index is -1.09. The fourth-order valence-corrected chi connectivity index (χ4v) is 4.56. The lowest BCUT2D eigenvalue weighted by atomic mass is 9.92. The number of rotatable bonds is 17. The van der Waals surface area contributed by atoms with Crippen LogP contribution in [0.15, 0.2) is 23.6 Å². The summed E-state index contributed by atoms with van der Waals surface area (Å²) >= 11 is 1.19. The monoisotopic (exact) mass is 473 g/mol. The summed E-state index contributed by atoms with van der Waals surface area (Å²) < 4.78 is 9.43. The maximum atomic E-state index is 13.0. The first kappa shape index (κ1) is 27.0. The Labute approximate surface area is 202 Å². The second kappa shape index (κ2) is 15.6. The van der Waals surface area contributed by atoms with Crippen molar-refractivity contribution < 1.29 is 19.4 Å². The molecule has 0 fully saturated rings. The normalized spacial score (nSPS) is 11.0. The highest BCUT2D eigenvalue weighted by Crippen LogP contribution is 2.25. The number of hydrogen-bond donors (Lipinski definition) is 1. The fraction of sp³-hybridized carbons (Fsp3) is 0.593. The number of carbonyl (C=O) groups excluding carboxylic acids is 1. The zero-order valence-electron chi connectivity index (χ0n) is 20.2. The zero-order chi connectivity index (χ0) is 23.9. The second-order valence-corrected chi connectivity index (χ2v) is 9.41. The van der Waals surface area contributed by atoms with Crippen LogP contribution in [0.3, 0.4) is 0 Å². The van der Waals surface area contributed by atoms with Gasteiger partial charge in [0.15, 0.2) is 0 Å². The number of aromatic carboxylic acids is 1. The molecule has 0 saturated heterocycles. The van der Waals surface area contributed by atoms with Crippen LogP contribution in [0.4, 0.5) is 0 Å². The molecule has 182 valence electrons. The lowest BCUT2D eigenvalue weighted by Crippen LogP contribution is -2.18. The molecule has 0 atom stereocenters. The largest absolute Gasteiger partial charge is 0.478 e. The SMILES string of the molecule is CCCCCCCCc1cc(CCCCCCCC)c(C(=O)Oc2ccsn2)c(C(=O)O)c1. The van der Waals surface area contributed by atoms with Gasteiger partial charge in [-0.25, -0.2) is 9.59 Å². The van der Waals surface area contributed by atoms with Crippen LogP contribution in [0.1, 0.15) is 123 Å². The summed E-state index contributed by atoms with van der Waals surface area (Å²) in [4.78, 5) is 25.1. The van der Waals surface area contributed by atoms with Crippen molar-refractivity contribution in [3.05, 3.63) is 45.8 Å². The standard InChI is InChI=1S/C27H39NO4S/c1-3-5-7-9-11-13-15-21-19-22(16-14-12-10-8-6-4-2)25(23(20-21)26(29)30)27(31)32-24-17-18-33-28-24/h17-20H,3-16H2,1-2H3,(H,29,30). The van der Waals surface area contributed by atoms with Gasteiger partial charge in [0.25, 0.3) is 0 Å². The predicted molar refractivity (Wildman–Crippen MR) is 135 cm³/mol. The lowest BCUT2D eigenvalue weighted by molar-refractivity contribution is 0.0665. The van der Waals surface area contributed by atoms with E-state index in [0.717, 1.165) is 49.7 Å². The summed E-state index contributed by atoms with van der Waals surface area (Å²) in [6.07, 6.45) is 15.5. The summed E-state index contributed by atoms with van der Waals surface area (Å²) in [7, 11) is 0. The van der Waals surface area contributed by atoms with Crippen LogP contribution >= 0.6 is 11.5 Å². The molecule has 0 spiro atoms. The molecule has 33 heavy (non-hydrogen) atoms. The van der Waals surface area contributed by atoms with Gasteiger partial charge in [0.05, 0.1) is 11.1 Å². The van der Waals surface area contributed by atoms with Crippen LogP contribution in [0.5, 0.6) is 5.88 Å². The van der Waals surface area contributed by atoms with Crippen LogP contribution in [-0.4, -0.2) is 21.4 Å². The van der Waals surface area contributed by atoms with Crippen LogP contribution in [0.25, 0.3) is 0 Å². The van der Waals surface area contributed by atoms with Crippen molar-refractivity contribution in [2.24, 2.45) is 0 Å². The van der Waals surface area contributed by atoms with Crippen LogP contribution in [0.2, 0.25) is 0 Å². The number of aryl methyl sites for hydroxylation is 2. The zero-order valence-corrected chi connectivity index (χ0v) is 21.1. The molecular formula is C27H39NO4S. The highest BCUT2D eigenvalue weighted by atomic mass is 32.1. The number of esters is 1. The summed E-state index contributed by atoms with van der Waals surface area (Å²) in [5.41, 5.74) is 2.00. The van der Waals surface area contributed by atoms with Crippen molar-refractivity contribution in [1.82, 2.24) is 4.37 Å². The molecule has 0 aliphatic heterocycles. The molecule has 0 amide bonds. The number of carboxylic acids is 1. The van der Waals surface area contributed by atoms with E-state index in [0.29, 0.717) is 6.42 Å². The molecule has 0 unspecified atom stereocenters. The summed E-state index contributed by atoms with van der Waals surface area (Å²) in [6.45, 7) is 4.41. The molecular weight excluding hydrogens is 434 g/mol. The Morgan fingerprint density at radius 2 is 1.48 bits per heavy atom. The Morgan fingerprint density at radius 3 is 2.06 bits per heavy atom. The second-order valence-electron chi connectivity index (χ2n) is 8.75. The van der Waals surface area contributed by atoms with Crippen molar-refractivity contribution >= 4 is 23.5 Å². The van der Waals surface area contributed by atoms with Crippen molar-refractivity contribution in [1.29, 1.82) is 0 Å². The van der Waals surface area contributed by atoms with E-state index in [1.54, 1.807) is 17.5 Å². The maximum Gasteiger partial charge on any atom is 0.346 e. The first-order valence-electron chi connectivity index (χ1n) is 12.6. The Kier molecular flexibility index (Phi) is 12.8. The van der Waals surface area contributed by atoms with Crippen LogP contribution in [-0.2, 0) is 12.8 Å². The van der Waals surface area contributed by atoms with Crippen molar-refractivity contribution in [2.75, 3.05) is 0 Å². The highest BCUT2D eigenvalue weighted by molar-refractivity contribution is 7.03.